The minimum atomic E-state index is -0.363. The van der Waals surface area contributed by atoms with Crippen LogP contribution >= 0.6 is 0 Å². The van der Waals surface area contributed by atoms with E-state index in [9.17, 15) is 10.0 Å². The predicted molar refractivity (Wildman–Crippen MR) is 59.8 cm³/mol. The number of aromatic nitrogens is 2. The molecule has 0 saturated carbocycles. The van der Waals surface area contributed by atoms with E-state index in [0.717, 1.165) is 30.7 Å². The first-order valence-corrected chi connectivity index (χ1v) is 6.31. The average Bonchev–Trinajstić information content (AvgIpc) is 2.92. The number of nitrogens with zero attached hydrogens (tertiary/aromatic N) is 4. The largest absolute Gasteiger partial charge is 0.423 e. The Morgan fingerprint density at radius 2 is 2.28 bits per heavy atom. The molecule has 1 N–H and O–H groups in total. The third-order valence-electron chi connectivity index (χ3n) is 3.58. The van der Waals surface area contributed by atoms with E-state index in [-0.39, 0.29) is 18.1 Å². The molecule has 2 aliphatic heterocycles. The molecule has 2 atom stereocenters. The summed E-state index contributed by atoms with van der Waals surface area (Å²) in [5.41, 5.74) is 0. The van der Waals surface area contributed by atoms with Crippen molar-refractivity contribution >= 4 is 6.03 Å². The highest BCUT2D eigenvalue weighted by Gasteiger charge is 2.46. The molecule has 0 aromatic carbocycles. The topological polar surface area (TPSA) is 82.7 Å². The highest BCUT2D eigenvalue weighted by atomic mass is 16.5. The Morgan fingerprint density at radius 3 is 3.06 bits per heavy atom. The van der Waals surface area contributed by atoms with Crippen LogP contribution in [0.1, 0.15) is 44.0 Å². The molecule has 98 valence electrons. The van der Waals surface area contributed by atoms with Gasteiger partial charge in [-0.1, -0.05) is 6.92 Å². The SMILES string of the molecule is CCCc1nnc([C@@H]2CC[C@@H]3CN2C(=O)N3O)o1. The predicted octanol–water partition coefficient (Wildman–Crippen LogP) is 1.35. The van der Waals surface area contributed by atoms with Crippen LogP contribution in [-0.4, -0.2) is 44.0 Å². The molecule has 1 aromatic rings. The molecule has 2 bridgehead atoms. The summed E-state index contributed by atoms with van der Waals surface area (Å²) in [6.07, 6.45) is 3.21. The molecular weight excluding hydrogens is 236 g/mol. The quantitative estimate of drug-likeness (QED) is 0.821. The monoisotopic (exact) mass is 252 g/mol. The lowest BCUT2D eigenvalue weighted by molar-refractivity contribution is -0.0584. The van der Waals surface area contributed by atoms with Gasteiger partial charge in [-0.05, 0) is 19.3 Å². The maximum absolute atomic E-state index is 11.8. The van der Waals surface area contributed by atoms with Crippen molar-refractivity contribution in [1.29, 1.82) is 0 Å². The molecule has 2 saturated heterocycles. The standard InChI is InChI=1S/C11H16N4O3/c1-2-3-9-12-13-10(18-9)8-5-4-7-6-14(8)11(16)15(7)17/h7-8,17H,2-6H2,1H3/t7-,8+/m1/s1. The van der Waals surface area contributed by atoms with Crippen molar-refractivity contribution in [3.05, 3.63) is 11.8 Å². The van der Waals surface area contributed by atoms with Crippen molar-refractivity contribution in [2.45, 2.75) is 44.7 Å². The molecule has 0 aliphatic carbocycles. The maximum Gasteiger partial charge on any atom is 0.344 e. The third kappa shape index (κ3) is 1.66. The molecule has 1 aromatic heterocycles. The fraction of sp³-hybridized carbons (Fsp3) is 0.727. The minimum absolute atomic E-state index is 0.0909. The van der Waals surface area contributed by atoms with E-state index >= 15 is 0 Å². The minimum Gasteiger partial charge on any atom is -0.423 e. The normalized spacial score (nSPS) is 27.1. The zero-order valence-corrected chi connectivity index (χ0v) is 10.2. The Balaban J connectivity index is 1.81. The summed E-state index contributed by atoms with van der Waals surface area (Å²) in [5, 5.41) is 18.4. The Labute approximate surface area is 104 Å². The molecule has 7 heteroatoms. The highest BCUT2D eigenvalue weighted by Crippen LogP contribution is 2.36. The number of carbonyl (C=O) groups excluding carboxylic acids is 1. The smallest absolute Gasteiger partial charge is 0.344 e. The van der Waals surface area contributed by atoms with E-state index in [1.165, 1.54) is 0 Å². The number of rotatable bonds is 3. The maximum atomic E-state index is 11.8. The zero-order valence-electron chi connectivity index (χ0n) is 10.2. The van der Waals surface area contributed by atoms with E-state index < -0.39 is 0 Å². The number of fused-ring (bicyclic) bond motifs is 2. The highest BCUT2D eigenvalue weighted by molar-refractivity contribution is 5.76. The van der Waals surface area contributed by atoms with Gasteiger partial charge in [0.1, 0.15) is 6.04 Å². The van der Waals surface area contributed by atoms with Crippen LogP contribution in [0.25, 0.3) is 0 Å². The molecule has 18 heavy (non-hydrogen) atoms. The van der Waals surface area contributed by atoms with Gasteiger partial charge in [0.25, 0.3) is 0 Å². The number of hydrogen-bond donors (Lipinski definition) is 1. The first kappa shape index (κ1) is 11.5. The van der Waals surface area contributed by atoms with Crippen LogP contribution in [0.5, 0.6) is 0 Å². The van der Waals surface area contributed by atoms with Gasteiger partial charge in [-0.2, -0.15) is 0 Å². The van der Waals surface area contributed by atoms with Gasteiger partial charge in [0.15, 0.2) is 0 Å². The summed E-state index contributed by atoms with van der Waals surface area (Å²) in [6, 6.07) is -0.645. The van der Waals surface area contributed by atoms with Crippen LogP contribution in [0.2, 0.25) is 0 Å². The van der Waals surface area contributed by atoms with E-state index in [4.69, 9.17) is 4.42 Å². The molecule has 0 spiro atoms. The molecule has 7 nitrogen and oxygen atoms in total. The van der Waals surface area contributed by atoms with Gasteiger partial charge >= 0.3 is 6.03 Å². The number of urea groups is 1. The molecular formula is C11H16N4O3. The Morgan fingerprint density at radius 1 is 1.44 bits per heavy atom. The fourth-order valence-corrected chi connectivity index (χ4v) is 2.62. The van der Waals surface area contributed by atoms with Crippen molar-refractivity contribution in [3.63, 3.8) is 0 Å². The zero-order chi connectivity index (χ0) is 12.7. The van der Waals surface area contributed by atoms with Gasteiger partial charge in [0, 0.05) is 13.0 Å². The lowest BCUT2D eigenvalue weighted by atomic mass is 10.0. The summed E-state index contributed by atoms with van der Waals surface area (Å²) < 4.78 is 5.58. The van der Waals surface area contributed by atoms with Gasteiger partial charge < -0.3 is 9.32 Å². The molecule has 0 unspecified atom stereocenters. The van der Waals surface area contributed by atoms with Gasteiger partial charge in [-0.15, -0.1) is 10.2 Å². The third-order valence-corrected chi connectivity index (χ3v) is 3.58. The first-order valence-electron chi connectivity index (χ1n) is 6.31. The van der Waals surface area contributed by atoms with Crippen molar-refractivity contribution < 1.29 is 14.4 Å². The Hall–Kier alpha value is -1.63. The van der Waals surface area contributed by atoms with Gasteiger partial charge in [-0.25, -0.2) is 9.86 Å². The van der Waals surface area contributed by atoms with Crippen LogP contribution in [-0.2, 0) is 6.42 Å². The number of hydroxylamine groups is 2. The summed E-state index contributed by atoms with van der Waals surface area (Å²) in [6.45, 7) is 2.58. The summed E-state index contributed by atoms with van der Waals surface area (Å²) in [7, 11) is 0. The summed E-state index contributed by atoms with van der Waals surface area (Å²) in [4.78, 5) is 13.4. The second-order valence-corrected chi connectivity index (χ2v) is 4.81. The molecule has 3 heterocycles. The van der Waals surface area contributed by atoms with Crippen LogP contribution in [0.4, 0.5) is 4.79 Å². The van der Waals surface area contributed by atoms with Crippen LogP contribution in [0.3, 0.4) is 0 Å². The first-order chi connectivity index (χ1) is 8.70. The van der Waals surface area contributed by atoms with E-state index in [2.05, 4.69) is 10.2 Å². The average molecular weight is 252 g/mol. The lowest BCUT2D eigenvalue weighted by Crippen LogP contribution is -2.34. The van der Waals surface area contributed by atoms with Crippen LogP contribution in [0.15, 0.2) is 4.42 Å². The summed E-state index contributed by atoms with van der Waals surface area (Å²) in [5.74, 6) is 1.10. The molecule has 2 aliphatic rings. The second kappa shape index (κ2) is 4.24. The van der Waals surface area contributed by atoms with Crippen LogP contribution in [0, 0.1) is 0 Å². The van der Waals surface area contributed by atoms with Gasteiger partial charge in [-0.3, -0.25) is 5.21 Å². The second-order valence-electron chi connectivity index (χ2n) is 4.81. The van der Waals surface area contributed by atoms with E-state index in [1.54, 1.807) is 4.90 Å². The number of hydrogen-bond acceptors (Lipinski definition) is 5. The van der Waals surface area contributed by atoms with Gasteiger partial charge in [0.2, 0.25) is 11.8 Å². The van der Waals surface area contributed by atoms with Crippen molar-refractivity contribution in [2.75, 3.05) is 6.54 Å². The van der Waals surface area contributed by atoms with Crippen molar-refractivity contribution in [1.82, 2.24) is 20.2 Å². The van der Waals surface area contributed by atoms with Crippen molar-refractivity contribution in [2.24, 2.45) is 0 Å². The van der Waals surface area contributed by atoms with Gasteiger partial charge in [0.05, 0.1) is 6.04 Å². The Bertz CT molecular complexity index is 461. The Kier molecular flexibility index (Phi) is 2.70. The number of carbonyl (C=O) groups is 1. The van der Waals surface area contributed by atoms with E-state index in [0.29, 0.717) is 18.3 Å². The van der Waals surface area contributed by atoms with Crippen molar-refractivity contribution in [3.8, 4) is 0 Å². The van der Waals surface area contributed by atoms with Crippen LogP contribution < -0.4 is 0 Å². The molecule has 2 fully saturated rings. The number of piperidine rings is 1. The fourth-order valence-electron chi connectivity index (χ4n) is 2.62. The molecule has 0 radical (unpaired) electrons. The molecule has 3 rings (SSSR count). The van der Waals surface area contributed by atoms with E-state index in [1.807, 2.05) is 6.92 Å². The number of aryl methyl sites for hydroxylation is 1. The summed E-state index contributed by atoms with van der Waals surface area (Å²) >= 11 is 0. The molecule has 2 amide bonds. The number of amides is 2. The lowest BCUT2D eigenvalue weighted by Gasteiger charge is -2.27.